The highest BCUT2D eigenvalue weighted by Crippen LogP contribution is 2.28. The zero-order chi connectivity index (χ0) is 15.0. The lowest BCUT2D eigenvalue weighted by Gasteiger charge is -2.33. The molecule has 3 rings (SSSR count). The van der Waals surface area contributed by atoms with E-state index in [1.54, 1.807) is 19.4 Å². The minimum atomic E-state index is -3.19. The molecule has 7 nitrogen and oxygen atoms in total. The van der Waals surface area contributed by atoms with Gasteiger partial charge in [-0.15, -0.1) is 0 Å². The van der Waals surface area contributed by atoms with Crippen LogP contribution in [0.2, 0.25) is 0 Å². The second kappa shape index (κ2) is 5.42. The van der Waals surface area contributed by atoms with Crippen LogP contribution in [-0.2, 0) is 17.1 Å². The predicted octanol–water partition coefficient (Wildman–Crippen LogP) is -0.169. The van der Waals surface area contributed by atoms with Crippen molar-refractivity contribution in [3.05, 3.63) is 22.7 Å². The molecule has 8 heteroatoms. The van der Waals surface area contributed by atoms with E-state index < -0.39 is 10.0 Å². The highest BCUT2D eigenvalue weighted by atomic mass is 32.2. The first kappa shape index (κ1) is 14.5. The normalized spacial score (nSPS) is 23.3. The number of piperidine rings is 1. The number of sulfonamides is 1. The zero-order valence-corrected chi connectivity index (χ0v) is 12.8. The molecule has 1 N–H and O–H groups in total. The van der Waals surface area contributed by atoms with E-state index >= 15 is 0 Å². The van der Waals surface area contributed by atoms with Gasteiger partial charge in [-0.2, -0.15) is 0 Å². The summed E-state index contributed by atoms with van der Waals surface area (Å²) >= 11 is 0. The van der Waals surface area contributed by atoms with Gasteiger partial charge in [-0.3, -0.25) is 4.79 Å². The Morgan fingerprint density at radius 1 is 1.33 bits per heavy atom. The molecule has 2 fully saturated rings. The van der Waals surface area contributed by atoms with Crippen LogP contribution in [0.4, 0.5) is 5.82 Å². The topological polar surface area (TPSA) is 84.3 Å². The highest BCUT2D eigenvalue weighted by molar-refractivity contribution is 7.90. The van der Waals surface area contributed by atoms with E-state index in [-0.39, 0.29) is 16.9 Å². The van der Waals surface area contributed by atoms with Crippen LogP contribution in [0, 0.1) is 0 Å². The molecular formula is C13H20N4O3S. The molecule has 2 aliphatic rings. The number of hydrogen-bond acceptors (Lipinski definition) is 5. The summed E-state index contributed by atoms with van der Waals surface area (Å²) in [6, 6.07) is -0.143. The molecule has 1 unspecified atom stereocenters. The van der Waals surface area contributed by atoms with Gasteiger partial charge in [0.15, 0.2) is 5.82 Å². The monoisotopic (exact) mass is 312 g/mol. The maximum absolute atomic E-state index is 12.1. The second-order valence-corrected chi connectivity index (χ2v) is 7.81. The molecule has 1 saturated carbocycles. The molecule has 2 heterocycles. The Balaban J connectivity index is 1.74. The third-order valence-electron chi connectivity index (χ3n) is 4.01. The lowest BCUT2D eigenvalue weighted by molar-refractivity contribution is 0.462. The van der Waals surface area contributed by atoms with Gasteiger partial charge in [0.05, 0.1) is 5.25 Å². The quantitative estimate of drug-likeness (QED) is 0.834. The van der Waals surface area contributed by atoms with Crippen molar-refractivity contribution in [2.24, 2.45) is 7.05 Å². The first-order chi connectivity index (χ1) is 9.97. The largest absolute Gasteiger partial charge is 0.350 e. The van der Waals surface area contributed by atoms with Crippen molar-refractivity contribution in [1.82, 2.24) is 14.3 Å². The van der Waals surface area contributed by atoms with Gasteiger partial charge in [-0.1, -0.05) is 0 Å². The Morgan fingerprint density at radius 2 is 2.10 bits per heavy atom. The average molecular weight is 312 g/mol. The van der Waals surface area contributed by atoms with Crippen LogP contribution in [0.3, 0.4) is 0 Å². The van der Waals surface area contributed by atoms with Gasteiger partial charge in [0.2, 0.25) is 10.0 Å². The van der Waals surface area contributed by atoms with Crippen molar-refractivity contribution in [2.45, 2.75) is 37.0 Å². The van der Waals surface area contributed by atoms with E-state index in [0.29, 0.717) is 12.4 Å². The number of aromatic nitrogens is 2. The molecule has 0 radical (unpaired) electrons. The van der Waals surface area contributed by atoms with Crippen LogP contribution in [0.15, 0.2) is 17.2 Å². The van der Waals surface area contributed by atoms with Gasteiger partial charge in [0, 0.05) is 38.6 Å². The lowest BCUT2D eigenvalue weighted by atomic mass is 10.1. The van der Waals surface area contributed by atoms with E-state index in [0.717, 1.165) is 32.2 Å². The standard InChI is InChI=1S/C13H20N4O3S/c1-16-8-6-14-12(13(16)18)17-7-2-3-10(9-17)15-21(19,20)11-4-5-11/h6,8,10-11,15H,2-5,7,9H2,1H3. The SMILES string of the molecule is Cn1ccnc(N2CCCC(NS(=O)(=O)C3CC3)C2)c1=O. The zero-order valence-electron chi connectivity index (χ0n) is 12.0. The van der Waals surface area contributed by atoms with E-state index in [1.165, 1.54) is 4.57 Å². The molecule has 0 aromatic carbocycles. The molecule has 0 spiro atoms. The summed E-state index contributed by atoms with van der Waals surface area (Å²) in [5.74, 6) is 0.398. The Labute approximate surface area is 124 Å². The predicted molar refractivity (Wildman–Crippen MR) is 79.8 cm³/mol. The van der Waals surface area contributed by atoms with Gasteiger partial charge in [-0.25, -0.2) is 18.1 Å². The molecule has 1 saturated heterocycles. The van der Waals surface area contributed by atoms with E-state index in [1.807, 2.05) is 4.90 Å². The van der Waals surface area contributed by atoms with Crippen molar-refractivity contribution in [3.63, 3.8) is 0 Å². The summed E-state index contributed by atoms with van der Waals surface area (Å²) in [5.41, 5.74) is -0.150. The van der Waals surface area contributed by atoms with Crippen LogP contribution in [0.25, 0.3) is 0 Å². The molecule has 1 aliphatic carbocycles. The Hall–Kier alpha value is -1.41. The molecular weight excluding hydrogens is 292 g/mol. The number of hydrogen-bond donors (Lipinski definition) is 1. The summed E-state index contributed by atoms with van der Waals surface area (Å²) in [7, 11) is -1.51. The summed E-state index contributed by atoms with van der Waals surface area (Å²) in [5, 5.41) is -0.212. The Kier molecular flexibility index (Phi) is 3.75. The maximum Gasteiger partial charge on any atom is 0.293 e. The average Bonchev–Trinajstić information content (AvgIpc) is 3.26. The van der Waals surface area contributed by atoms with Crippen LogP contribution >= 0.6 is 0 Å². The van der Waals surface area contributed by atoms with Gasteiger partial charge in [-0.05, 0) is 25.7 Å². The Bertz CT molecular complexity index is 681. The molecule has 21 heavy (non-hydrogen) atoms. The second-order valence-electron chi connectivity index (χ2n) is 5.81. The molecule has 0 bridgehead atoms. The van der Waals surface area contributed by atoms with Crippen molar-refractivity contribution in [3.8, 4) is 0 Å². The van der Waals surface area contributed by atoms with Crippen LogP contribution < -0.4 is 15.2 Å². The van der Waals surface area contributed by atoms with Crippen molar-refractivity contribution >= 4 is 15.8 Å². The number of aryl methyl sites for hydroxylation is 1. The number of rotatable bonds is 4. The number of nitrogens with zero attached hydrogens (tertiary/aromatic N) is 3. The molecule has 116 valence electrons. The van der Waals surface area contributed by atoms with Crippen LogP contribution in [-0.4, -0.2) is 42.4 Å². The first-order valence-electron chi connectivity index (χ1n) is 7.25. The van der Waals surface area contributed by atoms with Crippen molar-refractivity contribution in [2.75, 3.05) is 18.0 Å². The molecule has 1 aliphatic heterocycles. The minimum absolute atomic E-state index is 0.143. The van der Waals surface area contributed by atoms with Crippen molar-refractivity contribution in [1.29, 1.82) is 0 Å². The minimum Gasteiger partial charge on any atom is -0.350 e. The first-order valence-corrected chi connectivity index (χ1v) is 8.80. The Morgan fingerprint density at radius 3 is 2.81 bits per heavy atom. The fourth-order valence-electron chi connectivity index (χ4n) is 2.67. The third-order valence-corrected chi connectivity index (χ3v) is 6.02. The number of nitrogens with one attached hydrogen (secondary N) is 1. The van der Waals surface area contributed by atoms with E-state index in [2.05, 4.69) is 9.71 Å². The van der Waals surface area contributed by atoms with E-state index in [4.69, 9.17) is 0 Å². The summed E-state index contributed by atoms with van der Waals surface area (Å²) in [6.07, 6.45) is 6.37. The summed E-state index contributed by atoms with van der Waals surface area (Å²) in [4.78, 5) is 18.1. The third kappa shape index (κ3) is 3.11. The molecule has 1 aromatic heterocycles. The molecule has 1 atom stereocenters. The fraction of sp³-hybridized carbons (Fsp3) is 0.692. The fourth-order valence-corrected chi connectivity index (χ4v) is 4.28. The number of anilines is 1. The van der Waals surface area contributed by atoms with Crippen LogP contribution in [0.5, 0.6) is 0 Å². The summed E-state index contributed by atoms with van der Waals surface area (Å²) in [6.45, 7) is 1.23. The van der Waals surface area contributed by atoms with Crippen molar-refractivity contribution < 1.29 is 8.42 Å². The van der Waals surface area contributed by atoms with Gasteiger partial charge in [0.25, 0.3) is 5.56 Å². The maximum atomic E-state index is 12.1. The van der Waals surface area contributed by atoms with Gasteiger partial charge < -0.3 is 9.47 Å². The van der Waals surface area contributed by atoms with Gasteiger partial charge >= 0.3 is 0 Å². The van der Waals surface area contributed by atoms with Gasteiger partial charge in [0.1, 0.15) is 0 Å². The van der Waals surface area contributed by atoms with Crippen LogP contribution in [0.1, 0.15) is 25.7 Å². The molecule has 0 amide bonds. The lowest BCUT2D eigenvalue weighted by Crippen LogP contribution is -2.50. The smallest absolute Gasteiger partial charge is 0.293 e. The van der Waals surface area contributed by atoms with E-state index in [9.17, 15) is 13.2 Å². The molecule has 1 aromatic rings. The highest BCUT2D eigenvalue weighted by Gasteiger charge is 2.37. The summed E-state index contributed by atoms with van der Waals surface area (Å²) < 4.78 is 28.3.